The van der Waals surface area contributed by atoms with Crippen molar-refractivity contribution in [1.82, 2.24) is 5.32 Å². The second-order valence-corrected chi connectivity index (χ2v) is 9.53. The zero-order chi connectivity index (χ0) is 17.3. The van der Waals surface area contributed by atoms with Crippen LogP contribution in [0.1, 0.15) is 29.3 Å². The maximum atomic E-state index is 12.1. The minimum Gasteiger partial charge on any atom is -0.352 e. The Bertz CT molecular complexity index is 790. The highest BCUT2D eigenvalue weighted by Crippen LogP contribution is 2.35. The van der Waals surface area contributed by atoms with Crippen LogP contribution in [0.25, 0.3) is 0 Å². The molecule has 0 saturated carbocycles. The Hall–Kier alpha value is -1.54. The van der Waals surface area contributed by atoms with Gasteiger partial charge < -0.3 is 10.6 Å². The third-order valence-electron chi connectivity index (χ3n) is 4.10. The Morgan fingerprint density at radius 2 is 2.17 bits per heavy atom. The van der Waals surface area contributed by atoms with E-state index in [9.17, 15) is 13.2 Å². The summed E-state index contributed by atoms with van der Waals surface area (Å²) >= 11 is 1.47. The smallest absolute Gasteiger partial charge is 0.251 e. The number of nitrogens with one attached hydrogen (secondary N) is 2. The number of hydrogen-bond acceptors (Lipinski definition) is 6. The lowest BCUT2D eigenvalue weighted by molar-refractivity contribution is 0.0953. The van der Waals surface area contributed by atoms with Crippen molar-refractivity contribution < 1.29 is 13.2 Å². The highest BCUT2D eigenvalue weighted by Gasteiger charge is 2.42. The lowest BCUT2D eigenvalue weighted by atomic mass is 10.1. The van der Waals surface area contributed by atoms with Crippen LogP contribution >= 0.6 is 11.8 Å². The molecule has 24 heavy (non-hydrogen) atoms. The fourth-order valence-electron chi connectivity index (χ4n) is 2.77. The summed E-state index contributed by atoms with van der Waals surface area (Å²) in [5.41, 5.74) is 2.44. The van der Waals surface area contributed by atoms with E-state index in [1.807, 2.05) is 26.0 Å². The maximum Gasteiger partial charge on any atom is 0.251 e. The Morgan fingerprint density at radius 3 is 2.88 bits per heavy atom. The van der Waals surface area contributed by atoms with Gasteiger partial charge in [0.1, 0.15) is 0 Å². The van der Waals surface area contributed by atoms with Gasteiger partial charge in [-0.2, -0.15) is 0 Å². The first kappa shape index (κ1) is 17.3. The molecule has 2 aliphatic rings. The van der Waals surface area contributed by atoms with E-state index >= 15 is 0 Å². The van der Waals surface area contributed by atoms with Gasteiger partial charge >= 0.3 is 0 Å². The van der Waals surface area contributed by atoms with E-state index in [0.29, 0.717) is 12.1 Å². The molecule has 0 aliphatic carbocycles. The predicted octanol–water partition coefficient (Wildman–Crippen LogP) is 1.82. The van der Waals surface area contributed by atoms with Crippen LogP contribution in [-0.4, -0.2) is 48.8 Å². The van der Waals surface area contributed by atoms with Crippen LogP contribution in [0.3, 0.4) is 0 Å². The minimum absolute atomic E-state index is 0.00819. The molecule has 1 saturated heterocycles. The minimum atomic E-state index is -2.95. The number of fused-ring (bicyclic) bond motifs is 1. The van der Waals surface area contributed by atoms with Crippen LogP contribution in [0, 0.1) is 6.92 Å². The van der Waals surface area contributed by atoms with Gasteiger partial charge in [-0.15, -0.1) is 0 Å². The summed E-state index contributed by atoms with van der Waals surface area (Å²) in [4.78, 5) is 16.6. The van der Waals surface area contributed by atoms with Gasteiger partial charge in [-0.3, -0.25) is 9.79 Å². The largest absolute Gasteiger partial charge is 0.352 e. The van der Waals surface area contributed by atoms with E-state index in [1.165, 1.54) is 11.8 Å². The monoisotopic (exact) mass is 367 g/mol. The SMILES string of the molecule is CCCNC(=O)c1ccc(C)c(NC2=N[C@H]3CS(=O)(=O)C[C@H]3S2)c1. The van der Waals surface area contributed by atoms with Gasteiger partial charge in [-0.05, 0) is 31.0 Å². The molecule has 0 bridgehead atoms. The van der Waals surface area contributed by atoms with Crippen molar-refractivity contribution in [3.8, 4) is 0 Å². The molecule has 2 atom stereocenters. The predicted molar refractivity (Wildman–Crippen MR) is 98.7 cm³/mol. The average Bonchev–Trinajstić information content (AvgIpc) is 2.99. The quantitative estimate of drug-likeness (QED) is 0.847. The van der Waals surface area contributed by atoms with E-state index in [0.717, 1.165) is 22.8 Å². The number of aryl methyl sites for hydroxylation is 1. The molecule has 3 rings (SSSR count). The molecule has 2 N–H and O–H groups in total. The molecule has 1 fully saturated rings. The van der Waals surface area contributed by atoms with Gasteiger partial charge in [0.05, 0.1) is 17.5 Å². The Morgan fingerprint density at radius 1 is 1.38 bits per heavy atom. The molecular formula is C16H21N3O3S2. The van der Waals surface area contributed by atoms with Crippen molar-refractivity contribution in [2.45, 2.75) is 31.6 Å². The highest BCUT2D eigenvalue weighted by atomic mass is 32.2. The average molecular weight is 367 g/mol. The number of carbonyl (C=O) groups excluding carboxylic acids is 1. The Labute approximate surface area is 146 Å². The third-order valence-corrected chi connectivity index (χ3v) is 7.24. The number of rotatable bonds is 4. The van der Waals surface area contributed by atoms with Crippen LogP contribution in [0.4, 0.5) is 5.69 Å². The summed E-state index contributed by atoms with van der Waals surface area (Å²) in [6.07, 6.45) is 0.891. The third kappa shape index (κ3) is 3.75. The summed E-state index contributed by atoms with van der Waals surface area (Å²) in [6, 6.07) is 5.36. The molecule has 1 amide bonds. The van der Waals surface area contributed by atoms with Gasteiger partial charge in [-0.1, -0.05) is 24.8 Å². The van der Waals surface area contributed by atoms with E-state index < -0.39 is 9.84 Å². The molecule has 2 aliphatic heterocycles. The van der Waals surface area contributed by atoms with Gasteiger partial charge in [0, 0.05) is 23.0 Å². The molecule has 0 radical (unpaired) electrons. The molecule has 0 unspecified atom stereocenters. The van der Waals surface area contributed by atoms with E-state index in [-0.39, 0.29) is 28.7 Å². The van der Waals surface area contributed by atoms with Crippen LogP contribution in [0.15, 0.2) is 23.2 Å². The number of amides is 1. The van der Waals surface area contributed by atoms with Crippen molar-refractivity contribution in [2.75, 3.05) is 23.4 Å². The van der Waals surface area contributed by atoms with Gasteiger partial charge in [-0.25, -0.2) is 8.42 Å². The van der Waals surface area contributed by atoms with Crippen molar-refractivity contribution >= 4 is 38.4 Å². The lowest BCUT2D eigenvalue weighted by Crippen LogP contribution is -2.24. The second-order valence-electron chi connectivity index (χ2n) is 6.15. The molecule has 0 spiro atoms. The summed E-state index contributed by atoms with van der Waals surface area (Å²) < 4.78 is 23.2. The fraction of sp³-hybridized carbons (Fsp3) is 0.500. The fourth-order valence-corrected chi connectivity index (χ4v) is 6.44. The first-order valence-electron chi connectivity index (χ1n) is 7.98. The topological polar surface area (TPSA) is 87.6 Å². The molecule has 6 nitrogen and oxygen atoms in total. The summed E-state index contributed by atoms with van der Waals surface area (Å²) in [5, 5.41) is 6.85. The van der Waals surface area contributed by atoms with Crippen LogP contribution < -0.4 is 10.6 Å². The first-order valence-corrected chi connectivity index (χ1v) is 10.7. The summed E-state index contributed by atoms with van der Waals surface area (Å²) in [5.74, 6) is 0.230. The molecule has 0 aromatic heterocycles. The zero-order valence-corrected chi connectivity index (χ0v) is 15.3. The Kier molecular flexibility index (Phi) is 4.87. The van der Waals surface area contributed by atoms with E-state index in [4.69, 9.17) is 0 Å². The molecule has 2 heterocycles. The Balaban J connectivity index is 1.73. The number of thioether (sulfide) groups is 1. The van der Waals surface area contributed by atoms with Gasteiger partial charge in [0.25, 0.3) is 5.91 Å². The number of benzene rings is 1. The van der Waals surface area contributed by atoms with E-state index in [1.54, 1.807) is 6.07 Å². The van der Waals surface area contributed by atoms with Crippen molar-refractivity contribution in [1.29, 1.82) is 0 Å². The first-order chi connectivity index (χ1) is 11.4. The number of hydrogen-bond donors (Lipinski definition) is 2. The van der Waals surface area contributed by atoms with Crippen LogP contribution in [0.5, 0.6) is 0 Å². The summed E-state index contributed by atoms with van der Waals surface area (Å²) in [7, 11) is -2.95. The maximum absolute atomic E-state index is 12.1. The van der Waals surface area contributed by atoms with Gasteiger partial charge in [0.2, 0.25) is 0 Å². The number of amidine groups is 1. The van der Waals surface area contributed by atoms with E-state index in [2.05, 4.69) is 15.6 Å². The van der Waals surface area contributed by atoms with Crippen LogP contribution in [0.2, 0.25) is 0 Å². The number of sulfone groups is 1. The molecule has 1 aromatic carbocycles. The number of anilines is 1. The molecule has 1 aromatic rings. The second kappa shape index (κ2) is 6.76. The van der Waals surface area contributed by atoms with Crippen molar-refractivity contribution in [3.63, 3.8) is 0 Å². The number of carbonyl (C=O) groups is 1. The number of aliphatic imine (C=N–C) groups is 1. The number of nitrogens with zero attached hydrogens (tertiary/aromatic N) is 1. The standard InChI is InChI=1S/C16H21N3O3S2/c1-3-6-17-15(20)11-5-4-10(2)12(7-11)18-16-19-13-8-24(21,22)9-14(13)23-16/h4-5,7,13-14H,3,6,8-9H2,1-2H3,(H,17,20)(H,18,19)/t13-,14+/m0/s1. The van der Waals surface area contributed by atoms with Crippen molar-refractivity contribution in [2.24, 2.45) is 4.99 Å². The lowest BCUT2D eigenvalue weighted by Gasteiger charge is -2.12. The highest BCUT2D eigenvalue weighted by molar-refractivity contribution is 8.15. The molecular weight excluding hydrogens is 346 g/mol. The van der Waals surface area contributed by atoms with Crippen molar-refractivity contribution in [3.05, 3.63) is 29.3 Å². The molecule has 8 heteroatoms. The summed E-state index contributed by atoms with van der Waals surface area (Å²) in [6.45, 7) is 4.62. The van der Waals surface area contributed by atoms with Crippen LogP contribution in [-0.2, 0) is 9.84 Å². The molecule has 130 valence electrons. The van der Waals surface area contributed by atoms with Gasteiger partial charge in [0.15, 0.2) is 15.0 Å². The zero-order valence-electron chi connectivity index (χ0n) is 13.7. The normalized spacial score (nSPS) is 24.3.